The van der Waals surface area contributed by atoms with E-state index >= 15 is 0 Å². The van der Waals surface area contributed by atoms with E-state index in [2.05, 4.69) is 39.0 Å². The molecule has 0 radical (unpaired) electrons. The monoisotopic (exact) mass is 602 g/mol. The van der Waals surface area contributed by atoms with E-state index in [0.717, 1.165) is 31.9 Å². The number of amides is 1. The Morgan fingerprint density at radius 2 is 1.91 bits per heavy atom. The van der Waals surface area contributed by atoms with Crippen LogP contribution in [0.5, 0.6) is 5.75 Å². The zero-order chi connectivity index (χ0) is 33.0. The molecule has 224 valence electrons. The Bertz CT molecular complexity index is 1870. The lowest BCUT2D eigenvalue weighted by molar-refractivity contribution is -0.111. The summed E-state index contributed by atoms with van der Waals surface area (Å²) in [5.74, 6) is 1.46. The molecular weight excluding hydrogens is 561 g/mol. The summed E-state index contributed by atoms with van der Waals surface area (Å²) in [6, 6.07) is 10.8. The van der Waals surface area contributed by atoms with Crippen molar-refractivity contribution >= 4 is 52.3 Å². The summed E-state index contributed by atoms with van der Waals surface area (Å²) in [5, 5.41) is 7.28. The Morgan fingerprint density at radius 1 is 1.16 bits per heavy atom. The number of anilines is 4. The number of likely N-dealkylation sites (tertiary alicyclic amines) is 1. The molecule has 0 saturated carbocycles. The molecule has 0 unspecified atom stereocenters. The first kappa shape index (κ1) is 25.4. The SMILES string of the molecule is [2H]C([2H])([2H])n1cc(-c2nc(Nc3cc(NC(=O)C=C)c(N4C[C@H]5CN(C)C[C@H]5C4)cc3OC)ncc2P(C)(C)=O)c2ccccc21. The fourth-order valence-electron chi connectivity index (χ4n) is 6.32. The molecule has 1 amide bonds. The van der Waals surface area contributed by atoms with E-state index in [1.54, 1.807) is 38.6 Å². The molecule has 4 aromatic rings. The third-order valence-electron chi connectivity index (χ3n) is 8.33. The molecule has 0 bridgehead atoms. The van der Waals surface area contributed by atoms with Crippen molar-refractivity contribution in [1.82, 2.24) is 19.4 Å². The van der Waals surface area contributed by atoms with E-state index in [9.17, 15) is 9.36 Å². The highest BCUT2D eigenvalue weighted by molar-refractivity contribution is 7.70. The summed E-state index contributed by atoms with van der Waals surface area (Å²) >= 11 is 0. The zero-order valence-electron chi connectivity index (χ0n) is 27.8. The maximum atomic E-state index is 13.5. The van der Waals surface area contributed by atoms with Crippen molar-refractivity contribution in [2.75, 3.05) is 69.2 Å². The molecule has 2 N–H and O–H groups in total. The van der Waals surface area contributed by atoms with Crippen LogP contribution >= 0.6 is 7.14 Å². The number of para-hydroxylation sites is 1. The van der Waals surface area contributed by atoms with Gasteiger partial charge in [0.15, 0.2) is 0 Å². The smallest absolute Gasteiger partial charge is 0.247 e. The second kappa shape index (κ2) is 11.2. The molecule has 2 saturated heterocycles. The number of ether oxygens (including phenoxy) is 1. The molecule has 6 rings (SSSR count). The minimum absolute atomic E-state index is 0.184. The van der Waals surface area contributed by atoms with Gasteiger partial charge in [0.05, 0.1) is 35.2 Å². The molecule has 2 fully saturated rings. The molecule has 4 heterocycles. The van der Waals surface area contributed by atoms with Crippen molar-refractivity contribution in [2.45, 2.75) is 0 Å². The normalized spacial score (nSPS) is 19.9. The zero-order valence-corrected chi connectivity index (χ0v) is 25.7. The number of carbonyl (C=O) groups excluding carboxylic acids is 1. The Labute approximate surface area is 256 Å². The Kier molecular flexibility index (Phi) is 6.59. The predicted octanol–water partition coefficient (Wildman–Crippen LogP) is 4.76. The molecule has 2 aromatic carbocycles. The molecule has 2 atom stereocenters. The minimum atomic E-state index is -2.90. The van der Waals surface area contributed by atoms with Crippen LogP contribution in [-0.4, -0.2) is 79.0 Å². The molecule has 11 heteroatoms. The van der Waals surface area contributed by atoms with Crippen LogP contribution in [-0.2, 0) is 16.3 Å². The van der Waals surface area contributed by atoms with Gasteiger partial charge < -0.3 is 34.3 Å². The number of methoxy groups -OCH3 is 1. The fraction of sp³-hybridized carbons (Fsp3) is 0.344. The van der Waals surface area contributed by atoms with Gasteiger partial charge in [-0.15, -0.1) is 0 Å². The van der Waals surface area contributed by atoms with Gasteiger partial charge in [-0.25, -0.2) is 9.97 Å². The van der Waals surface area contributed by atoms with E-state index < -0.39 is 14.1 Å². The number of hydrogen-bond acceptors (Lipinski definition) is 8. The number of nitrogens with zero attached hydrogens (tertiary/aromatic N) is 5. The molecule has 10 nitrogen and oxygen atoms in total. The van der Waals surface area contributed by atoms with Gasteiger partial charge in [-0.3, -0.25) is 4.79 Å². The first-order chi connectivity index (χ1) is 21.8. The number of fused-ring (bicyclic) bond motifs is 2. The van der Waals surface area contributed by atoms with Gasteiger partial charge in [-0.1, -0.05) is 24.8 Å². The second-order valence-corrected chi connectivity index (χ2v) is 14.9. The van der Waals surface area contributed by atoms with Crippen LogP contribution < -0.4 is 25.6 Å². The summed E-state index contributed by atoms with van der Waals surface area (Å²) < 4.78 is 44.8. The highest BCUT2D eigenvalue weighted by Gasteiger charge is 2.39. The predicted molar refractivity (Wildman–Crippen MR) is 175 cm³/mol. The highest BCUT2D eigenvalue weighted by Crippen LogP contribution is 2.43. The molecule has 0 spiro atoms. The van der Waals surface area contributed by atoms with Crippen LogP contribution in [0.25, 0.3) is 22.2 Å². The van der Waals surface area contributed by atoms with Crippen LogP contribution in [0.1, 0.15) is 4.11 Å². The summed E-state index contributed by atoms with van der Waals surface area (Å²) in [7, 11) is 0.820. The summed E-state index contributed by atoms with van der Waals surface area (Å²) in [6.07, 6.45) is 4.28. The third kappa shape index (κ3) is 5.53. The van der Waals surface area contributed by atoms with E-state index in [1.165, 1.54) is 23.0 Å². The molecule has 2 aliphatic rings. The van der Waals surface area contributed by atoms with Crippen LogP contribution in [0.3, 0.4) is 0 Å². The summed E-state index contributed by atoms with van der Waals surface area (Å²) in [4.78, 5) is 26.5. The molecular formula is C32H38N7O3P. The third-order valence-corrected chi connectivity index (χ3v) is 9.82. The maximum absolute atomic E-state index is 13.5. The largest absolute Gasteiger partial charge is 0.494 e. The number of aryl methyl sites for hydroxylation is 1. The molecule has 0 aliphatic carbocycles. The summed E-state index contributed by atoms with van der Waals surface area (Å²) in [5.41, 5.74) is 3.35. The van der Waals surface area contributed by atoms with E-state index in [4.69, 9.17) is 13.8 Å². The van der Waals surface area contributed by atoms with Crippen LogP contribution in [0.4, 0.5) is 23.0 Å². The maximum Gasteiger partial charge on any atom is 0.247 e. The molecule has 2 aliphatic heterocycles. The topological polar surface area (TPSA) is 105 Å². The Balaban J connectivity index is 1.43. The first-order valence-electron chi connectivity index (χ1n) is 15.7. The van der Waals surface area contributed by atoms with Gasteiger partial charge in [-0.05, 0) is 50.4 Å². The van der Waals surface area contributed by atoms with Crippen molar-refractivity contribution in [3.05, 3.63) is 61.4 Å². The van der Waals surface area contributed by atoms with Crippen molar-refractivity contribution in [3.63, 3.8) is 0 Å². The molecule has 2 aromatic heterocycles. The quantitative estimate of drug-likeness (QED) is 0.220. The average Bonchev–Trinajstić information content (AvgIpc) is 3.67. The standard InChI is InChI=1S/C32H38N7O3P/c1-7-30(40)34-24-12-25(28(42-4)13-27(24)39-17-20-15-37(2)16-21(20)18-39)35-32-33-14-29(43(5,6)41)31(36-32)23-19-38(3)26-11-9-8-10-22(23)26/h7-14,19-21H,1,15-18H2,2-6H3,(H,34,40)(H,33,35,36)/t20-,21+/i3D3. The van der Waals surface area contributed by atoms with Crippen molar-refractivity contribution < 1.29 is 18.2 Å². The lowest BCUT2D eigenvalue weighted by Gasteiger charge is -2.26. The summed E-state index contributed by atoms with van der Waals surface area (Å²) in [6.45, 7) is 8.26. The van der Waals surface area contributed by atoms with Gasteiger partial charge in [-0.2, -0.15) is 0 Å². The van der Waals surface area contributed by atoms with Crippen molar-refractivity contribution in [3.8, 4) is 17.0 Å². The lowest BCUT2D eigenvalue weighted by atomic mass is 10.0. The Hall–Kier alpha value is -4.14. The molecule has 43 heavy (non-hydrogen) atoms. The van der Waals surface area contributed by atoms with E-state index in [1.807, 2.05) is 18.2 Å². The van der Waals surface area contributed by atoms with Crippen LogP contribution in [0.2, 0.25) is 0 Å². The lowest BCUT2D eigenvalue weighted by Crippen LogP contribution is -2.27. The van der Waals surface area contributed by atoms with Crippen LogP contribution in [0.15, 0.2) is 61.4 Å². The van der Waals surface area contributed by atoms with E-state index in [-0.39, 0.29) is 11.9 Å². The Morgan fingerprint density at radius 3 is 2.58 bits per heavy atom. The number of rotatable bonds is 8. The number of carbonyl (C=O) groups is 1. The second-order valence-electron chi connectivity index (χ2n) is 11.7. The van der Waals surface area contributed by atoms with Gasteiger partial charge in [0.1, 0.15) is 12.9 Å². The van der Waals surface area contributed by atoms with Crippen molar-refractivity contribution in [2.24, 2.45) is 18.8 Å². The van der Waals surface area contributed by atoms with Gasteiger partial charge in [0.25, 0.3) is 0 Å². The average molecular weight is 603 g/mol. The van der Waals surface area contributed by atoms with Gasteiger partial charge in [0.2, 0.25) is 11.9 Å². The van der Waals surface area contributed by atoms with Gasteiger partial charge in [0, 0.05) is 72.2 Å². The van der Waals surface area contributed by atoms with Crippen LogP contribution in [0, 0.1) is 11.8 Å². The minimum Gasteiger partial charge on any atom is -0.494 e. The van der Waals surface area contributed by atoms with E-state index in [0.29, 0.717) is 56.4 Å². The number of aromatic nitrogens is 3. The number of nitrogens with one attached hydrogen (secondary N) is 2. The van der Waals surface area contributed by atoms with Crippen molar-refractivity contribution in [1.29, 1.82) is 0 Å². The fourth-order valence-corrected chi connectivity index (χ4v) is 7.34. The number of benzene rings is 2. The highest BCUT2D eigenvalue weighted by atomic mass is 31.2. The number of hydrogen-bond donors (Lipinski definition) is 2. The first-order valence-corrected chi connectivity index (χ1v) is 16.8. The van der Waals surface area contributed by atoms with Gasteiger partial charge >= 0.3 is 0 Å².